The average Bonchev–Trinajstić information content (AvgIpc) is 3.63. The van der Waals surface area contributed by atoms with Crippen molar-refractivity contribution in [3.05, 3.63) is 132 Å². The fourth-order valence-corrected chi connectivity index (χ4v) is 6.98. The van der Waals surface area contributed by atoms with E-state index in [9.17, 15) is 0 Å². The molecule has 0 aliphatic rings. The number of ether oxygens (including phenoxy) is 1. The van der Waals surface area contributed by atoms with E-state index in [4.69, 9.17) is 14.8 Å². The summed E-state index contributed by atoms with van der Waals surface area (Å²) in [7, 11) is 0. The van der Waals surface area contributed by atoms with Crippen molar-refractivity contribution in [2.45, 2.75) is 85.5 Å². The minimum atomic E-state index is -0.00564. The van der Waals surface area contributed by atoms with Gasteiger partial charge >= 0.3 is 21.1 Å². The molecule has 0 spiro atoms. The Labute approximate surface area is 317 Å². The molecule has 262 valence electrons. The first-order valence-corrected chi connectivity index (χ1v) is 18.1. The fraction of sp³-hybridized carbons (Fsp3) is 0.289. The second-order valence-electron chi connectivity index (χ2n) is 14.2. The maximum atomic E-state index is 6.56. The van der Waals surface area contributed by atoms with Gasteiger partial charge in [-0.25, -0.2) is 4.98 Å². The van der Waals surface area contributed by atoms with E-state index < -0.39 is 0 Å². The predicted molar refractivity (Wildman–Crippen MR) is 206 cm³/mol. The van der Waals surface area contributed by atoms with E-state index in [-0.39, 0.29) is 26.5 Å². The van der Waals surface area contributed by atoms with Crippen molar-refractivity contribution < 1.29 is 25.8 Å². The summed E-state index contributed by atoms with van der Waals surface area (Å²) in [6, 6.07) is 39.2. The summed E-state index contributed by atoms with van der Waals surface area (Å²) in [5.41, 5.74) is 10.3. The third-order valence-electron chi connectivity index (χ3n) is 9.38. The number of aryl methyl sites for hydroxylation is 2. The van der Waals surface area contributed by atoms with Crippen LogP contribution in [0.2, 0.25) is 0 Å². The third kappa shape index (κ3) is 7.32. The maximum absolute atomic E-state index is 6.56. The zero-order chi connectivity index (χ0) is 34.8. The van der Waals surface area contributed by atoms with Crippen molar-refractivity contribution in [3.63, 3.8) is 0 Å². The first-order chi connectivity index (χ1) is 24.3. The Kier molecular flexibility index (Phi) is 11.0. The number of pyridine rings is 1. The van der Waals surface area contributed by atoms with Gasteiger partial charge < -0.3 is 9.30 Å². The van der Waals surface area contributed by atoms with Gasteiger partial charge in [-0.3, -0.25) is 4.68 Å². The summed E-state index contributed by atoms with van der Waals surface area (Å²) < 4.78 is 10.9. The van der Waals surface area contributed by atoms with E-state index >= 15 is 0 Å². The molecule has 0 aliphatic carbocycles. The van der Waals surface area contributed by atoms with Crippen molar-refractivity contribution in [3.8, 4) is 34.1 Å². The molecule has 5 nitrogen and oxygen atoms in total. The quantitative estimate of drug-likeness (QED) is 0.122. The molecule has 0 amide bonds. The maximum Gasteiger partial charge on any atom is 2.00 e. The molecule has 0 radical (unpaired) electrons. The summed E-state index contributed by atoms with van der Waals surface area (Å²) in [6.45, 7) is 13.4. The number of aromatic nitrogens is 4. The second kappa shape index (κ2) is 15.4. The van der Waals surface area contributed by atoms with Crippen molar-refractivity contribution in [2.24, 2.45) is 0 Å². The topological polar surface area (TPSA) is 44.9 Å². The summed E-state index contributed by atoms with van der Waals surface area (Å²) in [4.78, 5) is 4.87. The van der Waals surface area contributed by atoms with Crippen LogP contribution in [-0.2, 0) is 45.7 Å². The Morgan fingerprint density at radius 2 is 1.49 bits per heavy atom. The number of fused-ring (bicyclic) bond motifs is 3. The molecule has 0 unspecified atom stereocenters. The molecule has 51 heavy (non-hydrogen) atoms. The van der Waals surface area contributed by atoms with Crippen molar-refractivity contribution in [1.29, 1.82) is 0 Å². The molecule has 6 heteroatoms. The molecule has 0 saturated carbocycles. The van der Waals surface area contributed by atoms with Gasteiger partial charge in [-0.1, -0.05) is 109 Å². The van der Waals surface area contributed by atoms with E-state index in [1.165, 1.54) is 33.3 Å². The number of rotatable bonds is 11. The predicted octanol–water partition coefficient (Wildman–Crippen LogP) is 11.6. The molecule has 0 bridgehead atoms. The molecule has 0 fully saturated rings. The van der Waals surface area contributed by atoms with Gasteiger partial charge in [-0.2, -0.15) is 17.2 Å². The van der Waals surface area contributed by atoms with Crippen LogP contribution in [0.15, 0.2) is 97.2 Å². The molecule has 4 aromatic carbocycles. The van der Waals surface area contributed by atoms with Crippen LogP contribution in [0.3, 0.4) is 0 Å². The van der Waals surface area contributed by atoms with Gasteiger partial charge in [0.05, 0.1) is 5.69 Å². The summed E-state index contributed by atoms with van der Waals surface area (Å²) in [5.74, 6) is 2.12. The molecular weight excluding hydrogens is 808 g/mol. The molecule has 7 aromatic rings. The van der Waals surface area contributed by atoms with E-state index in [2.05, 4.69) is 136 Å². The summed E-state index contributed by atoms with van der Waals surface area (Å²) >= 11 is 0. The van der Waals surface area contributed by atoms with Gasteiger partial charge in [0.25, 0.3) is 0 Å². The largest absolute Gasteiger partial charge is 2.00 e. The van der Waals surface area contributed by atoms with Crippen LogP contribution in [0.5, 0.6) is 11.5 Å². The van der Waals surface area contributed by atoms with Gasteiger partial charge in [0.15, 0.2) is 0 Å². The smallest absolute Gasteiger partial charge is 0.509 e. The number of nitrogens with zero attached hydrogens (tertiary/aromatic N) is 4. The van der Waals surface area contributed by atoms with Gasteiger partial charge in [0.2, 0.25) is 0 Å². The minimum Gasteiger partial charge on any atom is -0.509 e. The Morgan fingerprint density at radius 3 is 2.24 bits per heavy atom. The van der Waals surface area contributed by atoms with Crippen molar-refractivity contribution >= 4 is 21.8 Å². The Morgan fingerprint density at radius 1 is 0.725 bits per heavy atom. The summed E-state index contributed by atoms with van der Waals surface area (Å²) in [6.07, 6.45) is 7.94. The van der Waals surface area contributed by atoms with Crippen molar-refractivity contribution in [1.82, 2.24) is 19.3 Å². The van der Waals surface area contributed by atoms with Crippen LogP contribution >= 0.6 is 0 Å². The summed E-state index contributed by atoms with van der Waals surface area (Å²) in [5, 5.41) is 7.51. The van der Waals surface area contributed by atoms with Crippen LogP contribution in [-0.4, -0.2) is 19.3 Å². The van der Waals surface area contributed by atoms with E-state index in [0.29, 0.717) is 11.5 Å². The first kappa shape index (κ1) is 36.3. The van der Waals surface area contributed by atoms with Crippen LogP contribution in [0.1, 0.15) is 83.3 Å². The molecule has 3 heterocycles. The van der Waals surface area contributed by atoms with Crippen LogP contribution < -0.4 is 4.74 Å². The molecule has 0 atom stereocenters. The second-order valence-corrected chi connectivity index (χ2v) is 14.2. The SMILES string of the molecule is CCCc1ccc2c(c1)c1ccc(Oc3[c-]c(-n4nc(CCC)c(-c5ccccc5)c4CCC)ccc3)[c-]c1n2-c1cc(C(C)(C)C)ccn1.[Pt+2]. The zero-order valence-electron chi connectivity index (χ0n) is 30.5. The van der Waals surface area contributed by atoms with E-state index in [0.717, 1.165) is 72.1 Å². The monoisotopic (exact) mass is 853 g/mol. The van der Waals surface area contributed by atoms with Crippen molar-refractivity contribution in [2.75, 3.05) is 0 Å². The average molecular weight is 854 g/mol. The van der Waals surface area contributed by atoms with E-state index in [1.54, 1.807) is 0 Å². The molecule has 0 N–H and O–H groups in total. The molecular formula is C45H46N4OPt. The van der Waals surface area contributed by atoms with Gasteiger partial charge in [0, 0.05) is 34.5 Å². The fourth-order valence-electron chi connectivity index (χ4n) is 6.98. The standard InChI is InChI=1S/C45H46N4O.Pt/c1-7-14-31-21-24-40-38(27-31)37-23-22-36(30-42(37)48(40)43-28-33(25-26-46-43)45(4,5)6)50-35-20-13-19-34(29-35)49-41(16-9-3)44(39(47-49)15-8-2)32-17-11-10-12-18-32;/h10-13,17-28H,7-9,14-16H2,1-6H3;/q-2;+2. The zero-order valence-corrected chi connectivity index (χ0v) is 32.8. The van der Waals surface area contributed by atoms with Crippen LogP contribution in [0, 0.1) is 12.1 Å². The number of benzene rings is 4. The van der Waals surface area contributed by atoms with Crippen LogP contribution in [0.25, 0.3) is 44.4 Å². The number of hydrogen-bond donors (Lipinski definition) is 0. The first-order valence-electron chi connectivity index (χ1n) is 18.1. The van der Waals surface area contributed by atoms with Gasteiger partial charge in [0.1, 0.15) is 5.82 Å². The minimum absolute atomic E-state index is 0. The molecule has 3 aromatic heterocycles. The Balaban J connectivity index is 0.00000448. The normalized spacial score (nSPS) is 11.6. The van der Waals surface area contributed by atoms with E-state index in [1.807, 2.05) is 24.4 Å². The Hall–Kier alpha value is -4.47. The Bertz CT molecular complexity index is 2280. The molecule has 7 rings (SSSR count). The van der Waals surface area contributed by atoms with Gasteiger partial charge in [-0.05, 0) is 70.6 Å². The molecule has 0 aliphatic heterocycles. The van der Waals surface area contributed by atoms with Crippen LogP contribution in [0.4, 0.5) is 0 Å². The number of hydrogen-bond acceptors (Lipinski definition) is 3. The molecule has 0 saturated heterocycles. The third-order valence-corrected chi connectivity index (χ3v) is 9.38. The van der Waals surface area contributed by atoms with Gasteiger partial charge in [-0.15, -0.1) is 35.7 Å².